The van der Waals surface area contributed by atoms with Gasteiger partial charge in [-0.15, -0.1) is 0 Å². The van der Waals surface area contributed by atoms with Gasteiger partial charge >= 0.3 is 6.09 Å². The average molecular weight is 340 g/mol. The number of nitrogens with zero attached hydrogens (tertiary/aromatic N) is 1. The molecule has 0 aliphatic rings. The van der Waals surface area contributed by atoms with Crippen molar-refractivity contribution in [3.05, 3.63) is 21.7 Å². The van der Waals surface area contributed by atoms with Gasteiger partial charge in [0, 0.05) is 6.20 Å². The number of hydrogen-bond acceptors (Lipinski definition) is 4. The molecule has 0 bridgehead atoms. The topological polar surface area (TPSA) is 74.4 Å². The Labute approximate surface area is 105 Å². The summed E-state index contributed by atoms with van der Waals surface area (Å²) in [4.78, 5) is 14.1. The van der Waals surface area contributed by atoms with E-state index in [4.69, 9.17) is 10.5 Å². The Hall–Kier alpha value is -1.12. The largest absolute Gasteiger partial charge is 0.472 e. The predicted molar refractivity (Wildman–Crippen MR) is 62.5 cm³/mol. The molecule has 1 amide bonds. The number of nitrogens with two attached hydrogens (primary N) is 1. The minimum absolute atomic E-state index is 0.00699. The quantitative estimate of drug-likeness (QED) is 0.847. The van der Waals surface area contributed by atoms with Crippen LogP contribution in [0.15, 0.2) is 12.3 Å². The summed E-state index contributed by atoms with van der Waals surface area (Å²) in [7, 11) is 0. The van der Waals surface area contributed by atoms with Crippen molar-refractivity contribution in [1.29, 1.82) is 0 Å². The van der Waals surface area contributed by atoms with Crippen molar-refractivity contribution < 1.29 is 18.7 Å². The van der Waals surface area contributed by atoms with E-state index in [1.54, 1.807) is 6.92 Å². The minimum atomic E-state index is -0.896. The van der Waals surface area contributed by atoms with Crippen LogP contribution in [0.2, 0.25) is 0 Å². The van der Waals surface area contributed by atoms with Crippen LogP contribution in [0.25, 0.3) is 0 Å². The highest BCUT2D eigenvalue weighted by Crippen LogP contribution is 2.18. The fourth-order valence-corrected chi connectivity index (χ4v) is 1.32. The normalized spacial score (nSPS) is 11.9. The lowest BCUT2D eigenvalue weighted by atomic mass is 10.4. The number of ether oxygens (including phenoxy) is 2. The lowest BCUT2D eigenvalue weighted by Gasteiger charge is -2.12. The van der Waals surface area contributed by atoms with Crippen molar-refractivity contribution in [2.75, 3.05) is 6.61 Å². The molecule has 0 fully saturated rings. The van der Waals surface area contributed by atoms with Gasteiger partial charge in [0.2, 0.25) is 0 Å². The number of rotatable bonds is 4. The van der Waals surface area contributed by atoms with Gasteiger partial charge in [0.15, 0.2) is 5.82 Å². The first-order valence-electron chi connectivity index (χ1n) is 4.39. The van der Waals surface area contributed by atoms with Crippen molar-refractivity contribution in [3.8, 4) is 5.88 Å². The van der Waals surface area contributed by atoms with E-state index in [-0.39, 0.29) is 12.5 Å². The second kappa shape index (κ2) is 5.83. The Morgan fingerprint density at radius 1 is 1.75 bits per heavy atom. The molecule has 2 N–H and O–H groups in total. The minimum Gasteiger partial charge on any atom is -0.472 e. The number of amides is 1. The van der Waals surface area contributed by atoms with E-state index < -0.39 is 18.0 Å². The number of pyridine rings is 1. The van der Waals surface area contributed by atoms with Gasteiger partial charge in [-0.05, 0) is 35.6 Å². The molecular weight excluding hydrogens is 330 g/mol. The van der Waals surface area contributed by atoms with Gasteiger partial charge in [-0.1, -0.05) is 0 Å². The van der Waals surface area contributed by atoms with E-state index >= 15 is 0 Å². The van der Waals surface area contributed by atoms with Crippen LogP contribution in [-0.4, -0.2) is 23.8 Å². The van der Waals surface area contributed by atoms with E-state index in [0.717, 1.165) is 0 Å². The molecule has 16 heavy (non-hydrogen) atoms. The first-order chi connectivity index (χ1) is 7.50. The molecule has 0 aliphatic heterocycles. The van der Waals surface area contributed by atoms with Crippen LogP contribution >= 0.6 is 22.6 Å². The molecule has 5 nitrogen and oxygen atoms in total. The molecule has 7 heteroatoms. The maximum absolute atomic E-state index is 13.4. The standard InChI is InChI=1S/C9H10FIN2O3/c1-5(16-9(12)14)4-15-8-7(10)6(11)2-3-13-8/h2-3,5H,4H2,1H3,(H2,12,14)/t5-/m0/s1. The number of carbonyl (C=O) groups is 1. The SMILES string of the molecule is C[C@@H](COc1nccc(I)c1F)OC(N)=O. The Morgan fingerprint density at radius 3 is 3.06 bits per heavy atom. The Balaban J connectivity index is 2.54. The third kappa shape index (κ3) is 3.80. The Bertz CT molecular complexity index is 389. The zero-order chi connectivity index (χ0) is 12.1. The summed E-state index contributed by atoms with van der Waals surface area (Å²) in [6.45, 7) is 1.57. The van der Waals surface area contributed by atoms with Gasteiger partial charge < -0.3 is 15.2 Å². The molecule has 0 unspecified atom stereocenters. The number of hydrogen-bond donors (Lipinski definition) is 1. The van der Waals surface area contributed by atoms with E-state index in [1.165, 1.54) is 12.3 Å². The highest BCUT2D eigenvalue weighted by atomic mass is 127. The molecule has 0 saturated heterocycles. The highest BCUT2D eigenvalue weighted by molar-refractivity contribution is 14.1. The molecule has 0 radical (unpaired) electrons. The van der Waals surface area contributed by atoms with Crippen molar-refractivity contribution >= 4 is 28.7 Å². The second-order valence-electron chi connectivity index (χ2n) is 2.97. The predicted octanol–water partition coefficient (Wildman–Crippen LogP) is 1.69. The van der Waals surface area contributed by atoms with Crippen LogP contribution in [-0.2, 0) is 4.74 Å². The van der Waals surface area contributed by atoms with Crippen LogP contribution in [0, 0.1) is 9.39 Å². The summed E-state index contributed by atoms with van der Waals surface area (Å²) in [5, 5.41) is 0. The average Bonchev–Trinajstić information content (AvgIpc) is 2.19. The van der Waals surface area contributed by atoms with Gasteiger partial charge in [-0.2, -0.15) is 4.39 Å². The maximum Gasteiger partial charge on any atom is 0.404 e. The van der Waals surface area contributed by atoms with Gasteiger partial charge in [-0.25, -0.2) is 9.78 Å². The summed E-state index contributed by atoms with van der Waals surface area (Å²) >= 11 is 1.83. The van der Waals surface area contributed by atoms with Crippen molar-refractivity contribution in [3.63, 3.8) is 0 Å². The molecule has 1 heterocycles. The van der Waals surface area contributed by atoms with Crippen LogP contribution in [0.1, 0.15) is 6.92 Å². The van der Waals surface area contributed by atoms with Crippen LogP contribution in [0.4, 0.5) is 9.18 Å². The fourth-order valence-electron chi connectivity index (χ4n) is 0.932. The highest BCUT2D eigenvalue weighted by Gasteiger charge is 2.12. The number of aromatic nitrogens is 1. The summed E-state index contributed by atoms with van der Waals surface area (Å²) < 4.78 is 23.5. The Kier molecular flexibility index (Phi) is 4.71. The summed E-state index contributed by atoms with van der Waals surface area (Å²) in [5.74, 6) is -0.652. The van der Waals surface area contributed by atoms with Crippen LogP contribution in [0.5, 0.6) is 5.88 Å². The lowest BCUT2D eigenvalue weighted by molar-refractivity contribution is 0.0793. The first-order valence-corrected chi connectivity index (χ1v) is 5.47. The monoisotopic (exact) mass is 340 g/mol. The van der Waals surface area contributed by atoms with Crippen molar-refractivity contribution in [1.82, 2.24) is 4.98 Å². The molecule has 1 atom stereocenters. The first kappa shape index (κ1) is 12.9. The van der Waals surface area contributed by atoms with E-state index in [1.807, 2.05) is 22.6 Å². The zero-order valence-corrected chi connectivity index (χ0v) is 10.6. The summed E-state index contributed by atoms with van der Waals surface area (Å²) in [6.07, 6.45) is -0.0245. The van der Waals surface area contributed by atoms with Crippen molar-refractivity contribution in [2.45, 2.75) is 13.0 Å². The number of halogens is 2. The smallest absolute Gasteiger partial charge is 0.404 e. The molecule has 1 rings (SSSR count). The van der Waals surface area contributed by atoms with Gasteiger partial charge in [0.05, 0.1) is 3.57 Å². The van der Waals surface area contributed by atoms with Gasteiger partial charge in [0.25, 0.3) is 5.88 Å². The molecule has 0 aromatic carbocycles. The van der Waals surface area contributed by atoms with Crippen LogP contribution < -0.4 is 10.5 Å². The second-order valence-corrected chi connectivity index (χ2v) is 4.13. The molecular formula is C9H10FIN2O3. The van der Waals surface area contributed by atoms with Gasteiger partial charge in [-0.3, -0.25) is 0 Å². The third-order valence-electron chi connectivity index (χ3n) is 1.58. The molecule has 1 aromatic rings. The molecule has 0 saturated carbocycles. The third-order valence-corrected chi connectivity index (χ3v) is 2.42. The lowest BCUT2D eigenvalue weighted by Crippen LogP contribution is -2.25. The number of primary amides is 1. The van der Waals surface area contributed by atoms with Crippen molar-refractivity contribution in [2.24, 2.45) is 5.73 Å². The fraction of sp³-hybridized carbons (Fsp3) is 0.333. The molecule has 0 aliphatic carbocycles. The Morgan fingerprint density at radius 2 is 2.44 bits per heavy atom. The maximum atomic E-state index is 13.4. The van der Waals surface area contributed by atoms with E-state index in [0.29, 0.717) is 3.57 Å². The number of carbonyl (C=O) groups excluding carboxylic acids is 1. The van der Waals surface area contributed by atoms with E-state index in [9.17, 15) is 9.18 Å². The summed E-state index contributed by atoms with van der Waals surface area (Å²) in [5.41, 5.74) is 4.81. The summed E-state index contributed by atoms with van der Waals surface area (Å²) in [6, 6.07) is 1.52. The van der Waals surface area contributed by atoms with Gasteiger partial charge in [0.1, 0.15) is 12.7 Å². The molecule has 88 valence electrons. The molecule has 0 spiro atoms. The zero-order valence-electron chi connectivity index (χ0n) is 8.44. The van der Waals surface area contributed by atoms with Crippen LogP contribution in [0.3, 0.4) is 0 Å². The van der Waals surface area contributed by atoms with E-state index in [2.05, 4.69) is 9.72 Å². The molecule has 1 aromatic heterocycles.